The van der Waals surface area contributed by atoms with E-state index in [1.54, 1.807) is 12.2 Å². The van der Waals surface area contributed by atoms with E-state index in [-0.39, 0.29) is 33.5 Å². The molecule has 3 aromatic rings. The number of ketones is 1. The zero-order chi connectivity index (χ0) is 22.2. The number of carbonyl (C=O) groups excluding carboxylic acids is 1. The first-order valence-electron chi connectivity index (χ1n) is 9.10. The number of nitriles is 1. The quantitative estimate of drug-likeness (QED) is 0.584. The number of hydrogen-bond donors (Lipinski definition) is 2. The van der Waals surface area contributed by atoms with Crippen molar-refractivity contribution in [3.8, 4) is 6.07 Å². The molecule has 0 radical (unpaired) electrons. The van der Waals surface area contributed by atoms with Crippen LogP contribution in [0.1, 0.15) is 34.3 Å². The number of aromatic amines is 1. The minimum absolute atomic E-state index is 0.0540. The molecule has 0 fully saturated rings. The molecule has 0 aliphatic heterocycles. The third kappa shape index (κ3) is 3.71. The van der Waals surface area contributed by atoms with Crippen LogP contribution in [0, 0.1) is 23.0 Å². The van der Waals surface area contributed by atoms with Crippen LogP contribution in [0.2, 0.25) is 0 Å². The molecule has 0 atom stereocenters. The number of H-pyrrole nitrogens is 1. The van der Waals surface area contributed by atoms with E-state index in [2.05, 4.69) is 14.7 Å². The van der Waals surface area contributed by atoms with Gasteiger partial charge in [0.25, 0.3) is 10.0 Å². The van der Waals surface area contributed by atoms with Gasteiger partial charge in [-0.15, -0.1) is 0 Å². The molecule has 0 unspecified atom stereocenters. The number of aromatic nitrogens is 2. The Labute approximate surface area is 175 Å². The minimum atomic E-state index is -4.08. The van der Waals surface area contributed by atoms with Gasteiger partial charge in [-0.1, -0.05) is 12.2 Å². The Morgan fingerprint density at radius 3 is 2.81 bits per heavy atom. The maximum atomic E-state index is 15.1. The monoisotopic (exact) mass is 440 g/mol. The average Bonchev–Trinajstić information content (AvgIpc) is 3.19. The van der Waals surface area contributed by atoms with Crippen molar-refractivity contribution in [2.45, 2.75) is 12.8 Å². The van der Waals surface area contributed by atoms with Gasteiger partial charge in [0.1, 0.15) is 17.5 Å². The molecular formula is C21H14F2N4O3S. The number of rotatable bonds is 5. The maximum Gasteiger partial charge on any atom is 0.258 e. The Hall–Kier alpha value is -3.84. The molecule has 0 saturated carbocycles. The second-order valence-electron chi connectivity index (χ2n) is 6.75. The number of halogens is 2. The van der Waals surface area contributed by atoms with Crippen LogP contribution in [-0.2, 0) is 10.0 Å². The summed E-state index contributed by atoms with van der Waals surface area (Å²) in [5.41, 5.74) is -1.13. The lowest BCUT2D eigenvalue weighted by atomic mass is 10.0. The van der Waals surface area contributed by atoms with Crippen molar-refractivity contribution in [1.29, 1.82) is 5.26 Å². The molecular weight excluding hydrogens is 426 g/mol. The van der Waals surface area contributed by atoms with Crippen LogP contribution in [0.5, 0.6) is 0 Å². The summed E-state index contributed by atoms with van der Waals surface area (Å²) >= 11 is 0. The van der Waals surface area contributed by atoms with Crippen molar-refractivity contribution in [3.63, 3.8) is 0 Å². The summed E-state index contributed by atoms with van der Waals surface area (Å²) < 4.78 is 56.8. The summed E-state index contributed by atoms with van der Waals surface area (Å²) in [6.45, 7) is 0. The fourth-order valence-electron chi connectivity index (χ4n) is 3.24. The third-order valence-corrected chi connectivity index (χ3v) is 6.31. The number of nitrogens with zero attached hydrogens (tertiary/aromatic N) is 2. The van der Waals surface area contributed by atoms with Crippen LogP contribution in [0.4, 0.5) is 14.5 Å². The van der Waals surface area contributed by atoms with Crippen molar-refractivity contribution >= 4 is 32.5 Å². The lowest BCUT2D eigenvalue weighted by Gasteiger charge is -2.14. The van der Waals surface area contributed by atoms with Crippen molar-refractivity contribution < 1.29 is 22.0 Å². The molecule has 2 N–H and O–H groups in total. The molecule has 10 heteroatoms. The summed E-state index contributed by atoms with van der Waals surface area (Å²) in [7, 11) is -4.08. The molecule has 0 spiro atoms. The standard InChI is InChI=1S/C21H14F2N4O3S/c22-16-6-7-17(27-31(29,30)13-4-2-1-3-5-13)19(23)18(16)20(28)15-11-26-21-14(15)8-12(9-24)10-25-21/h1-2,4,6-8,10-11,27H,3,5H2,(H,25,26). The van der Waals surface area contributed by atoms with E-state index in [0.717, 1.165) is 12.1 Å². The number of allylic oxidation sites excluding steroid dienone is 4. The Morgan fingerprint density at radius 2 is 2.10 bits per heavy atom. The molecule has 156 valence electrons. The molecule has 0 amide bonds. The highest BCUT2D eigenvalue weighted by molar-refractivity contribution is 7.96. The molecule has 1 aliphatic carbocycles. The van der Waals surface area contributed by atoms with Crippen LogP contribution in [0.15, 0.2) is 53.7 Å². The predicted molar refractivity (Wildman–Crippen MR) is 110 cm³/mol. The van der Waals surface area contributed by atoms with Crippen molar-refractivity contribution in [2.75, 3.05) is 4.72 Å². The Kier molecular flexibility index (Phi) is 5.12. The SMILES string of the molecule is N#Cc1cnc2[nH]cc(C(=O)c3c(F)ccc(NS(=O)(=O)C4=CC=CCC4)c3F)c2c1. The summed E-state index contributed by atoms with van der Waals surface area (Å²) in [6.07, 6.45) is 8.04. The summed E-state index contributed by atoms with van der Waals surface area (Å²) in [6, 6.07) is 4.99. The first-order valence-corrected chi connectivity index (χ1v) is 10.6. The third-order valence-electron chi connectivity index (χ3n) is 4.79. The van der Waals surface area contributed by atoms with Gasteiger partial charge in [0.05, 0.1) is 21.7 Å². The molecule has 1 aliphatic rings. The van der Waals surface area contributed by atoms with E-state index in [4.69, 9.17) is 5.26 Å². The van der Waals surface area contributed by atoms with Gasteiger partial charge in [-0.25, -0.2) is 22.2 Å². The molecule has 4 rings (SSSR count). The van der Waals surface area contributed by atoms with Crippen molar-refractivity contribution in [1.82, 2.24) is 9.97 Å². The van der Waals surface area contributed by atoms with Gasteiger partial charge in [0.15, 0.2) is 5.82 Å². The average molecular weight is 440 g/mol. The Bertz CT molecular complexity index is 1430. The number of carbonyl (C=O) groups is 1. The molecule has 1 aromatic carbocycles. The highest BCUT2D eigenvalue weighted by Crippen LogP contribution is 2.29. The van der Waals surface area contributed by atoms with E-state index < -0.39 is 38.7 Å². The Morgan fingerprint density at radius 1 is 1.29 bits per heavy atom. The zero-order valence-corrected chi connectivity index (χ0v) is 16.6. The highest BCUT2D eigenvalue weighted by atomic mass is 32.2. The molecule has 2 aromatic heterocycles. The Balaban J connectivity index is 1.76. The largest absolute Gasteiger partial charge is 0.345 e. The fourth-order valence-corrected chi connectivity index (χ4v) is 4.46. The normalized spacial score (nSPS) is 13.6. The van der Waals surface area contributed by atoms with Gasteiger partial charge < -0.3 is 4.98 Å². The van der Waals surface area contributed by atoms with Gasteiger partial charge in [-0.3, -0.25) is 9.52 Å². The first kappa shape index (κ1) is 20.4. The van der Waals surface area contributed by atoms with Crippen LogP contribution in [0.25, 0.3) is 11.0 Å². The smallest absolute Gasteiger partial charge is 0.258 e. The van der Waals surface area contributed by atoms with Gasteiger partial charge in [0, 0.05) is 23.3 Å². The molecule has 31 heavy (non-hydrogen) atoms. The number of hydrogen-bond acceptors (Lipinski definition) is 5. The molecule has 0 bridgehead atoms. The summed E-state index contributed by atoms with van der Waals surface area (Å²) in [4.78, 5) is 19.7. The number of pyridine rings is 1. The van der Waals surface area contributed by atoms with Crippen LogP contribution in [0.3, 0.4) is 0 Å². The van der Waals surface area contributed by atoms with E-state index in [1.165, 1.54) is 24.5 Å². The second kappa shape index (κ2) is 7.77. The van der Waals surface area contributed by atoms with Crippen LogP contribution in [-0.4, -0.2) is 24.2 Å². The zero-order valence-electron chi connectivity index (χ0n) is 15.8. The number of benzene rings is 1. The number of anilines is 1. The van der Waals surface area contributed by atoms with E-state index in [0.29, 0.717) is 6.42 Å². The van der Waals surface area contributed by atoms with Gasteiger partial charge >= 0.3 is 0 Å². The lowest BCUT2D eigenvalue weighted by Crippen LogP contribution is -2.18. The van der Waals surface area contributed by atoms with Gasteiger partial charge in [-0.05, 0) is 37.1 Å². The lowest BCUT2D eigenvalue weighted by molar-refractivity contribution is 0.103. The maximum absolute atomic E-state index is 15.1. The van der Waals surface area contributed by atoms with E-state index >= 15 is 4.39 Å². The molecule has 7 nitrogen and oxygen atoms in total. The molecule has 2 heterocycles. The number of fused-ring (bicyclic) bond motifs is 1. The van der Waals surface area contributed by atoms with E-state index in [9.17, 15) is 17.6 Å². The van der Waals surface area contributed by atoms with Gasteiger partial charge in [-0.2, -0.15) is 5.26 Å². The van der Waals surface area contributed by atoms with Gasteiger partial charge in [0.2, 0.25) is 5.78 Å². The van der Waals surface area contributed by atoms with Crippen molar-refractivity contribution in [2.24, 2.45) is 0 Å². The number of sulfonamides is 1. The summed E-state index contributed by atoms with van der Waals surface area (Å²) in [5.74, 6) is -3.50. The highest BCUT2D eigenvalue weighted by Gasteiger charge is 2.27. The summed E-state index contributed by atoms with van der Waals surface area (Å²) in [5, 5.41) is 9.26. The molecule has 0 saturated heterocycles. The predicted octanol–water partition coefficient (Wildman–Crippen LogP) is 3.92. The first-order chi connectivity index (χ1) is 14.8. The topological polar surface area (TPSA) is 116 Å². The van der Waals surface area contributed by atoms with Crippen LogP contribution < -0.4 is 4.72 Å². The second-order valence-corrected chi connectivity index (χ2v) is 8.49. The van der Waals surface area contributed by atoms with Crippen LogP contribution >= 0.6 is 0 Å². The van der Waals surface area contributed by atoms with E-state index in [1.807, 2.05) is 6.07 Å². The number of nitrogens with one attached hydrogen (secondary N) is 2. The minimum Gasteiger partial charge on any atom is -0.345 e. The van der Waals surface area contributed by atoms with Crippen molar-refractivity contribution in [3.05, 3.63) is 82.1 Å². The fraction of sp³-hybridized carbons (Fsp3) is 0.0952.